The van der Waals surface area contributed by atoms with Crippen molar-refractivity contribution in [2.45, 2.75) is 39.2 Å². The van der Waals surface area contributed by atoms with E-state index in [9.17, 15) is 9.59 Å². The van der Waals surface area contributed by atoms with Crippen LogP contribution in [0.15, 0.2) is 37.9 Å². The number of carbonyl (C=O) groups is 1. The zero-order valence-electron chi connectivity index (χ0n) is 14.3. The highest BCUT2D eigenvalue weighted by atomic mass is 16.5. The van der Waals surface area contributed by atoms with Crippen LogP contribution < -0.4 is 10.4 Å². The van der Waals surface area contributed by atoms with Crippen molar-refractivity contribution in [2.75, 3.05) is 0 Å². The van der Waals surface area contributed by atoms with Crippen molar-refractivity contribution in [3.05, 3.63) is 62.9 Å². The van der Waals surface area contributed by atoms with Crippen LogP contribution >= 0.6 is 0 Å². The number of carboxylic acid groups (broad SMARTS) is 1. The van der Waals surface area contributed by atoms with E-state index in [4.69, 9.17) is 18.7 Å². The number of aromatic carboxylic acids is 1. The molecule has 0 spiro atoms. The Labute approximate surface area is 149 Å². The second-order valence-corrected chi connectivity index (χ2v) is 6.50. The van der Waals surface area contributed by atoms with Crippen LogP contribution in [-0.2, 0) is 19.4 Å². The van der Waals surface area contributed by atoms with Crippen molar-refractivity contribution in [1.82, 2.24) is 0 Å². The lowest BCUT2D eigenvalue weighted by Crippen LogP contribution is -2.15. The fourth-order valence-corrected chi connectivity index (χ4v) is 3.45. The molecule has 26 heavy (non-hydrogen) atoms. The van der Waals surface area contributed by atoms with Gasteiger partial charge in [0.1, 0.15) is 23.7 Å². The highest BCUT2D eigenvalue weighted by Crippen LogP contribution is 2.29. The fraction of sp³-hybridized carbons (Fsp3) is 0.300. The molecule has 0 saturated carbocycles. The molecule has 4 rings (SSSR count). The zero-order chi connectivity index (χ0) is 18.3. The van der Waals surface area contributed by atoms with Gasteiger partial charge in [-0.2, -0.15) is 0 Å². The normalized spacial score (nSPS) is 13.6. The van der Waals surface area contributed by atoms with E-state index in [1.807, 2.05) is 12.1 Å². The number of benzene rings is 1. The predicted molar refractivity (Wildman–Crippen MR) is 93.9 cm³/mol. The molecule has 1 aliphatic carbocycles. The fourth-order valence-electron chi connectivity index (χ4n) is 3.45. The minimum absolute atomic E-state index is 0.114. The summed E-state index contributed by atoms with van der Waals surface area (Å²) in [6.45, 7) is 1.86. The molecular weight excluding hydrogens is 336 g/mol. The van der Waals surface area contributed by atoms with E-state index in [0.29, 0.717) is 22.7 Å². The van der Waals surface area contributed by atoms with Gasteiger partial charge in [-0.3, -0.25) is 0 Å². The first-order chi connectivity index (χ1) is 12.5. The molecule has 0 fully saturated rings. The number of hydrogen-bond donors (Lipinski definition) is 1. The Kier molecular flexibility index (Phi) is 4.03. The van der Waals surface area contributed by atoms with Crippen molar-refractivity contribution in [3.63, 3.8) is 0 Å². The number of fused-ring (bicyclic) bond motifs is 3. The molecule has 0 unspecified atom stereocenters. The monoisotopic (exact) mass is 354 g/mol. The van der Waals surface area contributed by atoms with E-state index in [-0.39, 0.29) is 18.0 Å². The van der Waals surface area contributed by atoms with Gasteiger partial charge in [0, 0.05) is 22.6 Å². The molecule has 1 aromatic carbocycles. The summed E-state index contributed by atoms with van der Waals surface area (Å²) in [5, 5.41) is 9.93. The van der Waals surface area contributed by atoms with Gasteiger partial charge in [-0.05, 0) is 56.4 Å². The van der Waals surface area contributed by atoms with Crippen molar-refractivity contribution in [1.29, 1.82) is 0 Å². The minimum atomic E-state index is -1.11. The SMILES string of the molecule is Cc1oc(C(=O)O)cc1COc1ccc2c3c(c(=O)oc2c1)CCCC3. The number of furan rings is 1. The molecule has 0 atom stereocenters. The molecule has 134 valence electrons. The number of rotatable bonds is 4. The molecule has 2 heterocycles. The Hall–Kier alpha value is -3.02. The minimum Gasteiger partial charge on any atom is -0.489 e. The van der Waals surface area contributed by atoms with Gasteiger partial charge < -0.3 is 18.7 Å². The Bertz CT molecular complexity index is 1060. The lowest BCUT2D eigenvalue weighted by atomic mass is 9.91. The van der Waals surface area contributed by atoms with Crippen LogP contribution in [0.1, 0.15) is 45.8 Å². The van der Waals surface area contributed by atoms with Crippen LogP contribution in [0.5, 0.6) is 5.75 Å². The van der Waals surface area contributed by atoms with E-state index >= 15 is 0 Å². The molecule has 3 aromatic rings. The zero-order valence-corrected chi connectivity index (χ0v) is 14.3. The molecule has 0 aliphatic heterocycles. The van der Waals surface area contributed by atoms with Crippen LogP contribution in [0.25, 0.3) is 11.0 Å². The number of carboxylic acids is 1. The summed E-state index contributed by atoms with van der Waals surface area (Å²) in [4.78, 5) is 23.2. The third-order valence-electron chi connectivity index (χ3n) is 4.82. The molecule has 2 aromatic heterocycles. The van der Waals surface area contributed by atoms with E-state index in [2.05, 4.69) is 0 Å². The van der Waals surface area contributed by atoms with Gasteiger partial charge >= 0.3 is 11.6 Å². The third-order valence-corrected chi connectivity index (χ3v) is 4.82. The number of hydrogen-bond acceptors (Lipinski definition) is 5. The van der Waals surface area contributed by atoms with Gasteiger partial charge in [0.05, 0.1) is 0 Å². The van der Waals surface area contributed by atoms with Gasteiger partial charge in [0.25, 0.3) is 0 Å². The summed E-state index contributed by atoms with van der Waals surface area (Å²) >= 11 is 0. The summed E-state index contributed by atoms with van der Waals surface area (Å²) in [6, 6.07) is 6.92. The first-order valence-corrected chi connectivity index (χ1v) is 8.57. The maximum absolute atomic E-state index is 12.2. The standard InChI is InChI=1S/C20H18O6/c1-11-12(8-18(25-11)19(21)22)10-24-13-6-7-15-14-4-2-3-5-16(14)20(23)26-17(15)9-13/h6-9H,2-5,10H2,1H3,(H,21,22). The van der Waals surface area contributed by atoms with Crippen molar-refractivity contribution < 1.29 is 23.5 Å². The van der Waals surface area contributed by atoms with E-state index in [0.717, 1.165) is 42.2 Å². The molecular formula is C20H18O6. The molecule has 0 radical (unpaired) electrons. The van der Waals surface area contributed by atoms with Crippen LogP contribution in [0.4, 0.5) is 0 Å². The molecule has 6 heteroatoms. The van der Waals surface area contributed by atoms with Gasteiger partial charge in [-0.1, -0.05) is 0 Å². The van der Waals surface area contributed by atoms with Crippen molar-refractivity contribution in [2.24, 2.45) is 0 Å². The molecule has 6 nitrogen and oxygen atoms in total. The number of aryl methyl sites for hydroxylation is 2. The molecule has 0 saturated heterocycles. The van der Waals surface area contributed by atoms with Gasteiger partial charge in [0.15, 0.2) is 0 Å². The van der Waals surface area contributed by atoms with E-state index in [1.54, 1.807) is 13.0 Å². The highest BCUT2D eigenvalue weighted by molar-refractivity contribution is 5.84. The van der Waals surface area contributed by atoms with Gasteiger partial charge in [-0.25, -0.2) is 9.59 Å². The van der Waals surface area contributed by atoms with Crippen LogP contribution in [0, 0.1) is 6.92 Å². The maximum atomic E-state index is 12.2. The van der Waals surface area contributed by atoms with Gasteiger partial charge in [0.2, 0.25) is 5.76 Å². The quantitative estimate of drug-likeness (QED) is 0.716. The van der Waals surface area contributed by atoms with Crippen LogP contribution in [0.2, 0.25) is 0 Å². The Balaban J connectivity index is 1.62. The first kappa shape index (κ1) is 16.4. The highest BCUT2D eigenvalue weighted by Gasteiger charge is 2.18. The van der Waals surface area contributed by atoms with Crippen molar-refractivity contribution in [3.8, 4) is 5.75 Å². The summed E-state index contributed by atoms with van der Waals surface area (Å²) < 4.78 is 16.4. The molecule has 1 aliphatic rings. The summed E-state index contributed by atoms with van der Waals surface area (Å²) in [6.07, 6.45) is 3.77. The molecule has 0 bridgehead atoms. The lowest BCUT2D eigenvalue weighted by molar-refractivity contribution is 0.0661. The largest absolute Gasteiger partial charge is 0.489 e. The second kappa shape index (κ2) is 6.37. The van der Waals surface area contributed by atoms with Crippen LogP contribution in [-0.4, -0.2) is 11.1 Å². The first-order valence-electron chi connectivity index (χ1n) is 8.57. The van der Waals surface area contributed by atoms with E-state index in [1.165, 1.54) is 6.07 Å². The topological polar surface area (TPSA) is 89.9 Å². The average molecular weight is 354 g/mol. The summed E-state index contributed by atoms with van der Waals surface area (Å²) in [5.41, 5.74) is 2.80. The Morgan fingerprint density at radius 3 is 2.65 bits per heavy atom. The van der Waals surface area contributed by atoms with Crippen LogP contribution in [0.3, 0.4) is 0 Å². The smallest absolute Gasteiger partial charge is 0.371 e. The second-order valence-electron chi connectivity index (χ2n) is 6.50. The summed E-state index contributed by atoms with van der Waals surface area (Å²) in [5.74, 6) is -0.175. The predicted octanol–water partition coefficient (Wildman–Crippen LogP) is 3.85. The molecule has 1 N–H and O–H groups in total. The third kappa shape index (κ3) is 2.87. The maximum Gasteiger partial charge on any atom is 0.371 e. The number of ether oxygens (including phenoxy) is 1. The van der Waals surface area contributed by atoms with Gasteiger partial charge in [-0.15, -0.1) is 0 Å². The van der Waals surface area contributed by atoms with E-state index < -0.39 is 5.97 Å². The average Bonchev–Trinajstić information content (AvgIpc) is 3.01. The van der Waals surface area contributed by atoms with Crippen molar-refractivity contribution >= 4 is 16.9 Å². The Morgan fingerprint density at radius 2 is 1.92 bits per heavy atom. The lowest BCUT2D eigenvalue weighted by Gasteiger charge is -2.16. The Morgan fingerprint density at radius 1 is 1.15 bits per heavy atom. The summed E-state index contributed by atoms with van der Waals surface area (Å²) in [7, 11) is 0. The molecule has 0 amide bonds.